The second kappa shape index (κ2) is 41.5. The van der Waals surface area contributed by atoms with Gasteiger partial charge in [-0.05, 0) is 19.3 Å². The molecule has 0 heterocycles. The fraction of sp³-hybridized carbons (Fsp3) is 1.00. The highest BCUT2D eigenvalue weighted by atomic mass is 31.2. The highest BCUT2D eigenvalue weighted by molar-refractivity contribution is 7.48. The van der Waals surface area contributed by atoms with Gasteiger partial charge in [-0.25, -0.2) is 4.57 Å². The van der Waals surface area contributed by atoms with E-state index in [1.165, 1.54) is 116 Å². The molecular weight excluding hydrogens is 846 g/mol. The van der Waals surface area contributed by atoms with Gasteiger partial charge in [0.25, 0.3) is 0 Å². The summed E-state index contributed by atoms with van der Waals surface area (Å²) in [5.41, 5.74) is 0. The van der Waals surface area contributed by atoms with E-state index in [2.05, 4.69) is 20.8 Å². The summed E-state index contributed by atoms with van der Waals surface area (Å²) in [7, 11) is 8.05. The zero-order valence-corrected chi connectivity index (χ0v) is 45.2. The Kier molecular flexibility index (Phi) is 41.4. The van der Waals surface area contributed by atoms with E-state index >= 15 is 0 Å². The molecule has 14 heteroatoms. The molecule has 392 valence electrons. The lowest BCUT2D eigenvalue weighted by atomic mass is 10.1. The molecule has 0 saturated carbocycles. The van der Waals surface area contributed by atoms with Gasteiger partial charge in [0.05, 0.1) is 62.1 Å². The predicted octanol–water partition coefficient (Wildman–Crippen LogP) is 9.93. The van der Waals surface area contributed by atoms with E-state index in [1.54, 1.807) is 0 Å². The summed E-state index contributed by atoms with van der Waals surface area (Å²) >= 11 is 0. The number of aliphatic hydroxyl groups is 3. The lowest BCUT2D eigenvalue weighted by molar-refractivity contribution is -0.894. The Balaban J connectivity index is 5.02. The maximum Gasteiger partial charge on any atom is 0.475 e. The molecule has 0 aliphatic carbocycles. The summed E-state index contributed by atoms with van der Waals surface area (Å²) in [4.78, 5) is 0. The number of quaternary nitrogens is 3. The highest BCUT2D eigenvalue weighted by Crippen LogP contribution is 2.49. The number of nitrogens with zero attached hydrogens (tertiary/aromatic N) is 3. The van der Waals surface area contributed by atoms with E-state index in [0.29, 0.717) is 72.5 Å². The average molecular weight is 957 g/mol. The number of unbranched alkanes of at least 4 members (excludes halogenated alkanes) is 21. The van der Waals surface area contributed by atoms with Crippen molar-refractivity contribution in [3.8, 4) is 0 Å². The fourth-order valence-corrected chi connectivity index (χ4v) is 9.27. The molecule has 0 radical (unpaired) electrons. The van der Waals surface area contributed by atoms with Crippen LogP contribution in [0, 0.1) is 0 Å². The lowest BCUT2D eigenvalue weighted by Crippen LogP contribution is -2.49. The van der Waals surface area contributed by atoms with Crippen molar-refractivity contribution in [2.45, 2.75) is 193 Å². The van der Waals surface area contributed by atoms with Crippen LogP contribution in [0.1, 0.15) is 175 Å². The molecule has 3 unspecified atom stereocenters. The van der Waals surface area contributed by atoms with Crippen molar-refractivity contribution in [3.05, 3.63) is 0 Å². The van der Waals surface area contributed by atoms with Crippen LogP contribution in [0.5, 0.6) is 0 Å². The SMILES string of the molecule is CCCCCCCCCCOCC(O)C[N+](C)(C)CCOP(=O)(OCC[N+](C)(C)CC(O)COCCCCCCCCCC)OCC[N+](C)(C)CC(O)COCCCCCCCCCC. The van der Waals surface area contributed by atoms with E-state index in [0.717, 1.165) is 38.5 Å². The van der Waals surface area contributed by atoms with Gasteiger partial charge in [-0.3, -0.25) is 13.6 Å². The van der Waals surface area contributed by atoms with Gasteiger partial charge in [0, 0.05) is 19.8 Å². The van der Waals surface area contributed by atoms with Crippen molar-refractivity contribution >= 4 is 7.82 Å². The van der Waals surface area contributed by atoms with Crippen LogP contribution in [0.4, 0.5) is 0 Å². The summed E-state index contributed by atoms with van der Waals surface area (Å²) in [5.74, 6) is 0. The summed E-state index contributed by atoms with van der Waals surface area (Å²) in [6.45, 7) is 12.7. The Morgan fingerprint density at radius 1 is 0.354 bits per heavy atom. The molecule has 3 atom stereocenters. The van der Waals surface area contributed by atoms with Crippen LogP contribution in [0.25, 0.3) is 0 Å². The molecular formula is C51H111N3O10P+3. The van der Waals surface area contributed by atoms with E-state index in [1.807, 2.05) is 42.3 Å². The molecule has 13 nitrogen and oxygen atoms in total. The first-order valence-corrected chi connectivity index (χ1v) is 28.2. The van der Waals surface area contributed by atoms with E-state index < -0.39 is 26.1 Å². The number of hydrogen-bond acceptors (Lipinski definition) is 10. The smallest absolute Gasteiger partial charge is 0.385 e. The minimum absolute atomic E-state index is 0.108. The van der Waals surface area contributed by atoms with Crippen LogP contribution < -0.4 is 0 Å². The molecule has 3 N–H and O–H groups in total. The quantitative estimate of drug-likeness (QED) is 0.0308. The van der Waals surface area contributed by atoms with E-state index in [-0.39, 0.29) is 39.6 Å². The van der Waals surface area contributed by atoms with Gasteiger partial charge < -0.3 is 43.0 Å². The summed E-state index contributed by atoms with van der Waals surface area (Å²) in [6.07, 6.45) is 27.9. The molecule has 0 fully saturated rings. The number of likely N-dealkylation sites (N-methyl/N-ethyl adjacent to an activating group) is 3. The number of rotatable bonds is 51. The van der Waals surface area contributed by atoms with Crippen molar-refractivity contribution in [2.75, 3.05) is 141 Å². The number of phosphoric acid groups is 1. The third-order valence-corrected chi connectivity index (χ3v) is 13.8. The molecule has 0 rings (SSSR count). The topological polar surface area (TPSA) is 133 Å². The monoisotopic (exact) mass is 957 g/mol. The maximum absolute atomic E-state index is 14.2. The molecule has 0 aliphatic rings. The van der Waals surface area contributed by atoms with Gasteiger partial charge in [-0.2, -0.15) is 0 Å². The molecule has 0 amide bonds. The molecule has 0 saturated heterocycles. The molecule has 0 bridgehead atoms. The predicted molar refractivity (Wildman–Crippen MR) is 269 cm³/mol. The first-order chi connectivity index (χ1) is 31.0. The standard InChI is InChI=1S/C51H111N3O10P/c1-10-13-16-19-22-25-28-31-37-59-46-49(55)43-52(4,5)34-40-62-65(58,63-41-35-53(6,7)44-50(56)47-60-38-32-29-26-23-20-17-14-11-2)64-42-36-54(8,9)45-51(57)48-61-39-33-30-27-24-21-18-15-12-3/h49-51,55-57H,10-48H2,1-9H3/q+3. The lowest BCUT2D eigenvalue weighted by Gasteiger charge is -2.33. The Bertz CT molecular complexity index is 960. The molecule has 0 aromatic heterocycles. The molecule has 0 aromatic rings. The number of ether oxygens (including phenoxy) is 3. The van der Waals surface area contributed by atoms with Gasteiger partial charge in [0.2, 0.25) is 0 Å². The largest absolute Gasteiger partial charge is 0.475 e. The van der Waals surface area contributed by atoms with Gasteiger partial charge >= 0.3 is 7.82 Å². The van der Waals surface area contributed by atoms with Crippen molar-refractivity contribution in [2.24, 2.45) is 0 Å². The second-order valence-corrected chi connectivity index (χ2v) is 22.8. The fourth-order valence-electron chi connectivity index (χ4n) is 8.13. The molecule has 0 spiro atoms. The highest BCUT2D eigenvalue weighted by Gasteiger charge is 2.32. The Hall–Kier alpha value is -0.250. The van der Waals surface area contributed by atoms with Gasteiger partial charge in [-0.1, -0.05) is 156 Å². The zero-order valence-electron chi connectivity index (χ0n) is 44.3. The van der Waals surface area contributed by atoms with Crippen molar-refractivity contribution in [3.63, 3.8) is 0 Å². The average Bonchev–Trinajstić information content (AvgIpc) is 3.22. The molecule has 0 aromatic carbocycles. The Labute approximate surface area is 402 Å². The van der Waals surface area contributed by atoms with E-state index in [9.17, 15) is 19.9 Å². The van der Waals surface area contributed by atoms with Crippen LogP contribution in [0.15, 0.2) is 0 Å². The summed E-state index contributed by atoms with van der Waals surface area (Å²) < 4.78 is 50.9. The van der Waals surface area contributed by atoms with Gasteiger partial charge in [-0.15, -0.1) is 0 Å². The third kappa shape index (κ3) is 43.5. The second-order valence-electron chi connectivity index (χ2n) is 21.1. The minimum atomic E-state index is -3.99. The van der Waals surface area contributed by atoms with Crippen LogP contribution in [-0.4, -0.2) is 188 Å². The van der Waals surface area contributed by atoms with Crippen molar-refractivity contribution in [1.82, 2.24) is 0 Å². The van der Waals surface area contributed by atoms with Crippen LogP contribution >= 0.6 is 7.82 Å². The molecule has 0 aliphatic heterocycles. The normalized spacial score (nSPS) is 15.1. The van der Waals surface area contributed by atoms with Crippen LogP contribution in [0.2, 0.25) is 0 Å². The number of aliphatic hydroxyl groups excluding tert-OH is 3. The first-order valence-electron chi connectivity index (χ1n) is 26.8. The van der Waals surface area contributed by atoms with Gasteiger partial charge in [0.15, 0.2) is 0 Å². The first kappa shape index (κ1) is 64.8. The van der Waals surface area contributed by atoms with Crippen molar-refractivity contribution in [1.29, 1.82) is 0 Å². The third-order valence-electron chi connectivity index (χ3n) is 12.3. The minimum Gasteiger partial charge on any atom is -0.385 e. The van der Waals surface area contributed by atoms with Gasteiger partial charge in [0.1, 0.15) is 77.4 Å². The number of phosphoric ester groups is 1. The zero-order chi connectivity index (χ0) is 48.6. The molecule has 65 heavy (non-hydrogen) atoms. The van der Waals surface area contributed by atoms with Crippen LogP contribution in [0.3, 0.4) is 0 Å². The van der Waals surface area contributed by atoms with E-state index in [4.69, 9.17) is 27.8 Å². The maximum atomic E-state index is 14.2. The summed E-state index contributed by atoms with van der Waals surface area (Å²) in [6, 6.07) is 0. The van der Waals surface area contributed by atoms with Crippen molar-refractivity contribution < 1.29 is 61.1 Å². The summed E-state index contributed by atoms with van der Waals surface area (Å²) in [5, 5.41) is 32.3. The Morgan fingerprint density at radius 3 is 0.800 bits per heavy atom. The number of hydrogen-bond donors (Lipinski definition) is 3. The van der Waals surface area contributed by atoms with Crippen LogP contribution in [-0.2, 0) is 32.3 Å². The Morgan fingerprint density at radius 2 is 0.569 bits per heavy atom.